The Morgan fingerprint density at radius 2 is 1.82 bits per heavy atom. The third kappa shape index (κ3) is 1.31. The van der Waals surface area contributed by atoms with Gasteiger partial charge in [0.05, 0.1) is 12.2 Å². The van der Waals surface area contributed by atoms with Crippen LogP contribution in [0, 0.1) is 11.3 Å². The summed E-state index contributed by atoms with van der Waals surface area (Å²) in [5, 5.41) is 0. The number of ether oxygens (including phenoxy) is 1. The van der Waals surface area contributed by atoms with Gasteiger partial charge in [0.25, 0.3) is 0 Å². The Hall–Kier alpha value is -0.0400. The molecule has 1 heteroatoms. The number of hydrogen-bond acceptors (Lipinski definition) is 1. The Kier molecular flexibility index (Phi) is 2.29. The maximum atomic E-state index is 5.84. The molecule has 11 heavy (non-hydrogen) atoms. The van der Waals surface area contributed by atoms with E-state index in [1.165, 1.54) is 0 Å². The fourth-order valence-corrected chi connectivity index (χ4v) is 1.85. The fraction of sp³-hybridized carbons (Fsp3) is 1.00. The fourth-order valence-electron chi connectivity index (χ4n) is 1.85. The van der Waals surface area contributed by atoms with E-state index >= 15 is 0 Å². The number of rotatable bonds is 1. The molecule has 1 heterocycles. The Labute approximate surface area is 70.1 Å². The second kappa shape index (κ2) is 2.78. The minimum Gasteiger partial charge on any atom is -0.374 e. The lowest BCUT2D eigenvalue weighted by Gasteiger charge is -2.26. The van der Waals surface area contributed by atoms with Crippen molar-refractivity contribution >= 4 is 0 Å². The molecule has 1 aliphatic heterocycles. The highest BCUT2D eigenvalue weighted by Gasteiger charge is 2.44. The van der Waals surface area contributed by atoms with Crippen molar-refractivity contribution in [2.75, 3.05) is 0 Å². The minimum atomic E-state index is 0.362. The first-order chi connectivity index (χ1) is 5.00. The first-order valence-electron chi connectivity index (χ1n) is 4.65. The van der Waals surface area contributed by atoms with E-state index in [4.69, 9.17) is 4.74 Å². The molecule has 0 aromatic rings. The van der Waals surface area contributed by atoms with Crippen LogP contribution in [0.4, 0.5) is 0 Å². The summed E-state index contributed by atoms with van der Waals surface area (Å²) in [7, 11) is 0. The summed E-state index contributed by atoms with van der Waals surface area (Å²) in [4.78, 5) is 0. The lowest BCUT2D eigenvalue weighted by molar-refractivity contribution is 0.0291. The van der Waals surface area contributed by atoms with Gasteiger partial charge in [-0.2, -0.15) is 0 Å². The van der Waals surface area contributed by atoms with Crippen LogP contribution in [-0.4, -0.2) is 12.2 Å². The molecule has 1 aliphatic rings. The highest BCUT2D eigenvalue weighted by molar-refractivity contribution is 4.91. The van der Waals surface area contributed by atoms with E-state index in [0.717, 1.165) is 6.42 Å². The second-order valence-electron chi connectivity index (χ2n) is 4.34. The summed E-state index contributed by atoms with van der Waals surface area (Å²) >= 11 is 0. The molecule has 0 bridgehead atoms. The van der Waals surface area contributed by atoms with Gasteiger partial charge in [0.2, 0.25) is 0 Å². The molecule has 0 aromatic carbocycles. The van der Waals surface area contributed by atoms with Gasteiger partial charge in [-0.1, -0.05) is 27.7 Å². The van der Waals surface area contributed by atoms with Gasteiger partial charge in [-0.25, -0.2) is 0 Å². The van der Waals surface area contributed by atoms with Gasteiger partial charge in [0, 0.05) is 0 Å². The van der Waals surface area contributed by atoms with E-state index in [-0.39, 0.29) is 0 Å². The molecule has 0 aliphatic carbocycles. The van der Waals surface area contributed by atoms with Gasteiger partial charge >= 0.3 is 0 Å². The van der Waals surface area contributed by atoms with Gasteiger partial charge < -0.3 is 4.74 Å². The summed E-state index contributed by atoms with van der Waals surface area (Å²) in [6.07, 6.45) is 2.05. The first kappa shape index (κ1) is 9.05. The largest absolute Gasteiger partial charge is 0.374 e. The molecule has 0 amide bonds. The lowest BCUT2D eigenvalue weighted by atomic mass is 9.76. The Morgan fingerprint density at radius 1 is 1.27 bits per heavy atom. The molecule has 1 fully saturated rings. The summed E-state index contributed by atoms with van der Waals surface area (Å²) < 4.78 is 5.84. The van der Waals surface area contributed by atoms with Gasteiger partial charge in [0.15, 0.2) is 0 Å². The van der Waals surface area contributed by atoms with Crippen LogP contribution in [0.5, 0.6) is 0 Å². The van der Waals surface area contributed by atoms with Crippen molar-refractivity contribution in [2.45, 2.75) is 53.2 Å². The molecule has 0 aromatic heterocycles. The van der Waals surface area contributed by atoms with Crippen LogP contribution in [0.25, 0.3) is 0 Å². The van der Waals surface area contributed by atoms with E-state index in [0.29, 0.717) is 23.5 Å². The van der Waals surface area contributed by atoms with Crippen LogP contribution in [0.3, 0.4) is 0 Å². The quantitative estimate of drug-likeness (QED) is 0.567. The molecule has 3 unspecified atom stereocenters. The Bertz CT molecular complexity index is 140. The van der Waals surface area contributed by atoms with E-state index in [1.54, 1.807) is 0 Å². The average molecular weight is 156 g/mol. The predicted octanol–water partition coefficient (Wildman–Crippen LogP) is 2.85. The van der Waals surface area contributed by atoms with Crippen LogP contribution < -0.4 is 0 Å². The Balaban J connectivity index is 2.71. The summed E-state index contributed by atoms with van der Waals surface area (Å²) in [6, 6.07) is 0. The molecular weight excluding hydrogens is 136 g/mol. The van der Waals surface area contributed by atoms with Crippen molar-refractivity contribution in [2.24, 2.45) is 11.3 Å². The molecular formula is C10H20O. The van der Waals surface area contributed by atoms with E-state index < -0.39 is 0 Å². The zero-order valence-electron chi connectivity index (χ0n) is 8.35. The zero-order valence-corrected chi connectivity index (χ0v) is 8.35. The van der Waals surface area contributed by atoms with Gasteiger partial charge in [0.1, 0.15) is 0 Å². The Morgan fingerprint density at radius 3 is 2.00 bits per heavy atom. The predicted molar refractivity (Wildman–Crippen MR) is 47.6 cm³/mol. The molecule has 1 rings (SSSR count). The molecule has 3 atom stereocenters. The normalized spacial score (nSPS) is 42.8. The van der Waals surface area contributed by atoms with E-state index in [2.05, 4.69) is 34.6 Å². The van der Waals surface area contributed by atoms with Crippen molar-refractivity contribution in [3.8, 4) is 0 Å². The summed E-state index contributed by atoms with van der Waals surface area (Å²) in [5.41, 5.74) is 0.362. The lowest BCUT2D eigenvalue weighted by Crippen LogP contribution is -2.27. The maximum absolute atomic E-state index is 5.84. The second-order valence-corrected chi connectivity index (χ2v) is 4.34. The third-order valence-corrected chi connectivity index (χ3v) is 3.56. The van der Waals surface area contributed by atoms with Crippen LogP contribution in [0.1, 0.15) is 41.0 Å². The van der Waals surface area contributed by atoms with E-state index in [9.17, 15) is 0 Å². The van der Waals surface area contributed by atoms with Crippen LogP contribution in [0.2, 0.25) is 0 Å². The first-order valence-corrected chi connectivity index (χ1v) is 4.65. The zero-order chi connectivity index (χ0) is 8.65. The monoisotopic (exact) mass is 156 g/mol. The molecule has 66 valence electrons. The van der Waals surface area contributed by atoms with Crippen LogP contribution in [-0.2, 0) is 4.74 Å². The minimum absolute atomic E-state index is 0.362. The standard InChI is InChI=1S/C10H20O/c1-6-9-7(2)10(4,5)8(3)11-9/h7-9H,6H2,1-5H3. The highest BCUT2D eigenvalue weighted by Crippen LogP contribution is 2.43. The molecule has 1 nitrogen and oxygen atoms in total. The highest BCUT2D eigenvalue weighted by atomic mass is 16.5. The maximum Gasteiger partial charge on any atom is 0.0608 e. The van der Waals surface area contributed by atoms with Gasteiger partial charge in [-0.15, -0.1) is 0 Å². The van der Waals surface area contributed by atoms with E-state index in [1.807, 2.05) is 0 Å². The third-order valence-electron chi connectivity index (χ3n) is 3.56. The smallest absolute Gasteiger partial charge is 0.0608 e. The van der Waals surface area contributed by atoms with Crippen molar-refractivity contribution in [3.63, 3.8) is 0 Å². The van der Waals surface area contributed by atoms with Gasteiger partial charge in [-0.05, 0) is 24.7 Å². The summed E-state index contributed by atoms with van der Waals surface area (Å²) in [6.45, 7) is 11.3. The summed E-state index contributed by atoms with van der Waals surface area (Å²) in [5.74, 6) is 0.697. The SMILES string of the molecule is CCC1OC(C)C(C)(C)C1C. The molecule has 0 N–H and O–H groups in total. The topological polar surface area (TPSA) is 9.23 Å². The van der Waals surface area contributed by atoms with Crippen molar-refractivity contribution in [3.05, 3.63) is 0 Å². The van der Waals surface area contributed by atoms with Crippen LogP contribution >= 0.6 is 0 Å². The van der Waals surface area contributed by atoms with Crippen molar-refractivity contribution in [1.29, 1.82) is 0 Å². The average Bonchev–Trinajstić information content (AvgIpc) is 2.14. The van der Waals surface area contributed by atoms with Gasteiger partial charge in [-0.3, -0.25) is 0 Å². The van der Waals surface area contributed by atoms with Crippen LogP contribution in [0.15, 0.2) is 0 Å². The molecule has 0 spiro atoms. The number of hydrogen-bond donors (Lipinski definition) is 0. The molecule has 0 radical (unpaired) electrons. The van der Waals surface area contributed by atoms with Crippen molar-refractivity contribution < 1.29 is 4.74 Å². The van der Waals surface area contributed by atoms with Crippen molar-refractivity contribution in [1.82, 2.24) is 0 Å². The molecule has 0 saturated carbocycles. The molecule has 1 saturated heterocycles.